The van der Waals surface area contributed by atoms with Crippen molar-refractivity contribution < 1.29 is 20.4 Å². The van der Waals surface area contributed by atoms with Crippen LogP contribution in [-0.4, -0.2) is 156 Å². The van der Waals surface area contributed by atoms with Crippen LogP contribution in [0.1, 0.15) is 113 Å². The number of aryl methyl sites for hydroxylation is 4. The molecule has 8 heterocycles. The Morgan fingerprint density at radius 2 is 0.853 bits per heavy atom. The van der Waals surface area contributed by atoms with Gasteiger partial charge in [-0.2, -0.15) is 70.3 Å². The molecule has 6 N–H and O–H groups in total. The molecule has 8 aromatic heterocycles. The number of aromatic nitrogens is 20. The van der Waals surface area contributed by atoms with Gasteiger partial charge in [0.2, 0.25) is 0 Å². The molecule has 26 heteroatoms. The Bertz CT molecular complexity index is 2850. The summed E-state index contributed by atoms with van der Waals surface area (Å²) in [6.45, 7) is 7.97. The monoisotopic (exact) mass is 930 g/mol. The van der Waals surface area contributed by atoms with Gasteiger partial charge in [0.15, 0.2) is 34.0 Å². The molecule has 3 aliphatic carbocycles. The molecule has 68 heavy (non-hydrogen) atoms. The summed E-state index contributed by atoms with van der Waals surface area (Å²) in [5.41, 5.74) is 5.10. The van der Waals surface area contributed by atoms with E-state index in [1.165, 1.54) is 19.2 Å². The molecule has 0 unspecified atom stereocenters. The molecule has 0 spiro atoms. The van der Waals surface area contributed by atoms with E-state index in [1.54, 1.807) is 46.6 Å². The number of aliphatic hydroxyl groups is 4. The van der Waals surface area contributed by atoms with Crippen molar-refractivity contribution >= 4 is 34.0 Å². The van der Waals surface area contributed by atoms with Crippen LogP contribution < -0.4 is 10.6 Å². The maximum absolute atomic E-state index is 11.4. The first-order chi connectivity index (χ1) is 33.1. The van der Waals surface area contributed by atoms with E-state index >= 15 is 0 Å². The second-order valence-corrected chi connectivity index (χ2v) is 17.9. The number of aliphatic hydroxyl groups excluding tert-OH is 4. The van der Waals surface area contributed by atoms with Crippen LogP contribution in [-0.2, 0) is 25.7 Å². The second-order valence-electron chi connectivity index (χ2n) is 17.9. The zero-order valence-electron chi connectivity index (χ0n) is 38.0. The standard InChI is InChI=1S/C42H54N22O4/c1-5-21-15-45-61(55-21)29-13-27(33(65)35(29)67)59-19-43-31-37(51-41(53-39(31)59)63-47-17-23(7-3)57-63)49-25-9-11-26(12-10-25)50-38-32-40(54-42(52-38)64-48-18-24(8-4)58-64)60(20-44-32)28-14-30(36(68)34(28)66)62-46-16-22(6-2)56-62/h15-20,25-30,33-36,65-68H,5-14H2,1-4H3,(H,49,51,53)(H,50,52,54)/t25-,26-,27-,28-,29+,30+,33+,34+,35-,36-/m1/s1. The highest BCUT2D eigenvalue weighted by Gasteiger charge is 2.47. The first-order valence-corrected chi connectivity index (χ1v) is 23.5. The van der Waals surface area contributed by atoms with Crippen LogP contribution in [0.15, 0.2) is 37.4 Å². The molecule has 8 aromatic rings. The molecule has 0 radical (unpaired) electrons. The average Bonchev–Trinajstić information content (AvgIpc) is 4.22. The van der Waals surface area contributed by atoms with Gasteiger partial charge in [0.1, 0.15) is 36.5 Å². The highest BCUT2D eigenvalue weighted by molar-refractivity contribution is 5.85. The van der Waals surface area contributed by atoms with Crippen molar-refractivity contribution in [3.8, 4) is 11.9 Å². The number of rotatable bonds is 14. The minimum Gasteiger partial charge on any atom is -0.388 e. The SMILES string of the molecule is CCc1cnn(-c2nc(N[C@H]3CC[C@H](Nc4nc(-n5ncc(CC)n5)nc5c4ncn5[C@@H]4C[C@H](n5ncc(CC)n5)[C@@H](O)[C@H]4O)CC3)c3ncn([C@@H]4C[C@H](n5ncc(CC)n5)[C@@H](O)[C@H]4O)c3n2)n1. The van der Waals surface area contributed by atoms with Gasteiger partial charge in [0, 0.05) is 12.1 Å². The van der Waals surface area contributed by atoms with E-state index in [4.69, 9.17) is 29.9 Å². The van der Waals surface area contributed by atoms with E-state index in [1.807, 2.05) is 27.7 Å². The molecule has 0 saturated heterocycles. The predicted molar refractivity (Wildman–Crippen MR) is 241 cm³/mol. The summed E-state index contributed by atoms with van der Waals surface area (Å²) in [5, 5.41) is 88.6. The van der Waals surface area contributed by atoms with Crippen LogP contribution >= 0.6 is 0 Å². The van der Waals surface area contributed by atoms with Gasteiger partial charge in [-0.05, 0) is 64.2 Å². The Morgan fingerprint density at radius 3 is 1.22 bits per heavy atom. The molecule has 8 atom stereocenters. The normalized spacial score (nSPS) is 26.4. The van der Waals surface area contributed by atoms with Crippen molar-refractivity contribution in [2.75, 3.05) is 10.6 Å². The second kappa shape index (κ2) is 17.6. The lowest BCUT2D eigenvalue weighted by molar-refractivity contribution is 0.00496. The maximum Gasteiger partial charge on any atom is 0.272 e. The van der Waals surface area contributed by atoms with Crippen LogP contribution in [0.5, 0.6) is 0 Å². The van der Waals surface area contributed by atoms with Crippen LogP contribution in [0.3, 0.4) is 0 Å². The van der Waals surface area contributed by atoms with Gasteiger partial charge in [-0.15, -0.1) is 9.59 Å². The fourth-order valence-corrected chi connectivity index (χ4v) is 9.79. The molecular formula is C42H54N22O4. The highest BCUT2D eigenvalue weighted by atomic mass is 16.3. The molecule has 356 valence electrons. The van der Waals surface area contributed by atoms with Crippen molar-refractivity contribution in [1.29, 1.82) is 0 Å². The number of anilines is 2. The molecule has 3 saturated carbocycles. The smallest absolute Gasteiger partial charge is 0.272 e. The van der Waals surface area contributed by atoms with Crippen molar-refractivity contribution in [1.82, 2.24) is 99.0 Å². The fraction of sp³-hybridized carbons (Fsp3) is 0.571. The van der Waals surface area contributed by atoms with E-state index in [2.05, 4.69) is 51.4 Å². The summed E-state index contributed by atoms with van der Waals surface area (Å²) in [6, 6.07) is -2.25. The summed E-state index contributed by atoms with van der Waals surface area (Å²) < 4.78 is 3.59. The lowest BCUT2D eigenvalue weighted by Gasteiger charge is -2.30. The highest BCUT2D eigenvalue weighted by Crippen LogP contribution is 2.41. The van der Waals surface area contributed by atoms with E-state index in [0.717, 1.165) is 48.5 Å². The van der Waals surface area contributed by atoms with Crippen molar-refractivity contribution in [2.45, 2.75) is 153 Å². The van der Waals surface area contributed by atoms with Gasteiger partial charge in [-0.3, -0.25) is 0 Å². The van der Waals surface area contributed by atoms with Gasteiger partial charge in [0.05, 0.1) is 72.3 Å². The van der Waals surface area contributed by atoms with Crippen molar-refractivity contribution in [3.63, 3.8) is 0 Å². The molecule has 0 amide bonds. The molecule has 3 aliphatic rings. The van der Waals surface area contributed by atoms with Crippen molar-refractivity contribution in [3.05, 3.63) is 60.2 Å². The zero-order chi connectivity index (χ0) is 46.8. The van der Waals surface area contributed by atoms with E-state index < -0.39 is 48.6 Å². The Balaban J connectivity index is 0.852. The first kappa shape index (κ1) is 43.7. The Kier molecular flexibility index (Phi) is 11.3. The summed E-state index contributed by atoms with van der Waals surface area (Å²) in [6.07, 6.45) is 12.0. The van der Waals surface area contributed by atoms with Crippen LogP contribution in [0, 0.1) is 0 Å². The van der Waals surface area contributed by atoms with Gasteiger partial charge < -0.3 is 40.2 Å². The number of imidazole rings is 2. The average molecular weight is 931 g/mol. The summed E-state index contributed by atoms with van der Waals surface area (Å²) >= 11 is 0. The molecule has 0 aliphatic heterocycles. The summed E-state index contributed by atoms with van der Waals surface area (Å²) in [7, 11) is 0. The Labute approximate surface area is 387 Å². The largest absolute Gasteiger partial charge is 0.388 e. The number of hydrogen-bond donors (Lipinski definition) is 6. The number of nitrogens with zero attached hydrogens (tertiary/aromatic N) is 20. The minimum atomic E-state index is -1.14. The third-order valence-corrected chi connectivity index (χ3v) is 13.8. The topological polar surface area (TPSA) is 315 Å². The third kappa shape index (κ3) is 7.69. The quantitative estimate of drug-likeness (QED) is 0.0893. The third-order valence-electron chi connectivity index (χ3n) is 13.8. The van der Waals surface area contributed by atoms with Crippen LogP contribution in [0.2, 0.25) is 0 Å². The van der Waals surface area contributed by atoms with Gasteiger partial charge in [-0.25, -0.2) is 9.97 Å². The summed E-state index contributed by atoms with van der Waals surface area (Å²) in [4.78, 5) is 34.9. The number of nitrogens with one attached hydrogen (secondary N) is 2. The van der Waals surface area contributed by atoms with Gasteiger partial charge >= 0.3 is 0 Å². The summed E-state index contributed by atoms with van der Waals surface area (Å²) in [5.74, 6) is 1.48. The molecule has 0 aromatic carbocycles. The lowest BCUT2D eigenvalue weighted by Crippen LogP contribution is -2.33. The Hall–Kier alpha value is -6.90. The minimum absolute atomic E-state index is 0.00435. The van der Waals surface area contributed by atoms with Gasteiger partial charge in [-0.1, -0.05) is 27.7 Å². The Morgan fingerprint density at radius 1 is 0.485 bits per heavy atom. The number of fused-ring (bicyclic) bond motifs is 2. The maximum atomic E-state index is 11.4. The van der Waals surface area contributed by atoms with E-state index in [0.29, 0.717) is 72.5 Å². The number of hydrogen-bond acceptors (Lipinski definition) is 20. The molecule has 0 bridgehead atoms. The van der Waals surface area contributed by atoms with E-state index in [-0.39, 0.29) is 24.0 Å². The molecule has 26 nitrogen and oxygen atoms in total. The van der Waals surface area contributed by atoms with E-state index in [9.17, 15) is 20.4 Å². The zero-order valence-corrected chi connectivity index (χ0v) is 38.0. The van der Waals surface area contributed by atoms with Crippen molar-refractivity contribution in [2.24, 2.45) is 0 Å². The van der Waals surface area contributed by atoms with Crippen LogP contribution in [0.25, 0.3) is 34.2 Å². The predicted octanol–water partition coefficient (Wildman–Crippen LogP) is 1.21. The molecule has 11 rings (SSSR count). The molecular weight excluding hydrogens is 877 g/mol. The lowest BCUT2D eigenvalue weighted by atomic mass is 9.91. The van der Waals surface area contributed by atoms with Gasteiger partial charge in [0.25, 0.3) is 11.9 Å². The first-order valence-electron chi connectivity index (χ1n) is 23.5. The molecule has 3 fully saturated rings. The fourth-order valence-electron chi connectivity index (χ4n) is 9.79. The van der Waals surface area contributed by atoms with Crippen LogP contribution in [0.4, 0.5) is 11.6 Å².